The number of hydrogen-bond donors (Lipinski definition) is 3. The molecule has 1 amide bonds. The van der Waals surface area contributed by atoms with Crippen molar-refractivity contribution in [3.63, 3.8) is 0 Å². The molecule has 6 nitrogen and oxygen atoms in total. The van der Waals surface area contributed by atoms with Crippen LogP contribution in [0.15, 0.2) is 0 Å². The van der Waals surface area contributed by atoms with Gasteiger partial charge in [-0.05, 0) is 6.92 Å². The number of aliphatic hydroxyl groups excluding tert-OH is 2. The summed E-state index contributed by atoms with van der Waals surface area (Å²) in [6.45, 7) is 3.79. The third kappa shape index (κ3) is 4.05. The van der Waals surface area contributed by atoms with Crippen LogP contribution in [0.3, 0.4) is 0 Å². The molecule has 1 aliphatic rings. The Morgan fingerprint density at radius 1 is 1.50 bits per heavy atom. The second-order valence-electron chi connectivity index (χ2n) is 3.93. The lowest BCUT2D eigenvalue weighted by Gasteiger charge is -2.35. The first-order chi connectivity index (χ1) is 7.50. The van der Waals surface area contributed by atoms with Crippen LogP contribution >= 0.6 is 0 Å². The van der Waals surface area contributed by atoms with Crippen molar-refractivity contribution in [3.05, 3.63) is 0 Å². The first-order valence-corrected chi connectivity index (χ1v) is 5.38. The summed E-state index contributed by atoms with van der Waals surface area (Å²) in [5, 5.41) is 21.6. The summed E-state index contributed by atoms with van der Waals surface area (Å²) in [6.07, 6.45) is -2.33. The Labute approximate surface area is 94.5 Å². The summed E-state index contributed by atoms with van der Waals surface area (Å²) in [5.74, 6) is -0.127. The third-order valence-corrected chi connectivity index (χ3v) is 2.45. The number of carbonyl (C=O) groups is 1. The minimum absolute atomic E-state index is 0.127. The van der Waals surface area contributed by atoms with Gasteiger partial charge in [-0.1, -0.05) is 0 Å². The van der Waals surface area contributed by atoms with Gasteiger partial charge in [0.1, 0.15) is 6.10 Å². The Morgan fingerprint density at radius 2 is 2.19 bits per heavy atom. The molecule has 0 radical (unpaired) electrons. The number of nitrogens with one attached hydrogen (secondary N) is 1. The quantitative estimate of drug-likeness (QED) is 0.542. The van der Waals surface area contributed by atoms with Gasteiger partial charge in [0.15, 0.2) is 6.29 Å². The summed E-state index contributed by atoms with van der Waals surface area (Å²) < 4.78 is 10.5. The number of amides is 1. The van der Waals surface area contributed by atoms with Crippen LogP contribution in [0, 0.1) is 0 Å². The Kier molecular flexibility index (Phi) is 5.14. The van der Waals surface area contributed by atoms with Gasteiger partial charge < -0.3 is 25.0 Å². The highest BCUT2D eigenvalue weighted by Gasteiger charge is 2.34. The first-order valence-electron chi connectivity index (χ1n) is 5.38. The van der Waals surface area contributed by atoms with E-state index >= 15 is 0 Å². The molecule has 3 N–H and O–H groups in total. The van der Waals surface area contributed by atoms with E-state index in [9.17, 15) is 15.0 Å². The second kappa shape index (κ2) is 6.15. The molecule has 0 spiro atoms. The van der Waals surface area contributed by atoms with Gasteiger partial charge >= 0.3 is 0 Å². The van der Waals surface area contributed by atoms with Crippen molar-refractivity contribution in [2.45, 2.75) is 44.9 Å². The minimum atomic E-state index is -0.830. The number of rotatable bonds is 4. The predicted molar refractivity (Wildman–Crippen MR) is 55.6 cm³/mol. The molecule has 6 heteroatoms. The van der Waals surface area contributed by atoms with E-state index in [-0.39, 0.29) is 25.0 Å². The number of carbonyl (C=O) groups excluding carboxylic acids is 1. The van der Waals surface area contributed by atoms with Crippen LogP contribution in [0.1, 0.15) is 20.3 Å². The van der Waals surface area contributed by atoms with Crippen molar-refractivity contribution in [3.8, 4) is 0 Å². The average Bonchev–Trinajstić information content (AvgIpc) is 2.19. The number of hydrogen-bond acceptors (Lipinski definition) is 5. The Balaban J connectivity index is 2.23. The molecule has 1 rings (SSSR count). The molecule has 16 heavy (non-hydrogen) atoms. The summed E-state index contributed by atoms with van der Waals surface area (Å²) in [4.78, 5) is 10.6. The van der Waals surface area contributed by atoms with Gasteiger partial charge in [-0.15, -0.1) is 0 Å². The summed E-state index contributed by atoms with van der Waals surface area (Å²) in [7, 11) is 0. The highest BCUT2D eigenvalue weighted by molar-refractivity contribution is 5.72. The van der Waals surface area contributed by atoms with Gasteiger partial charge in [0.25, 0.3) is 0 Å². The van der Waals surface area contributed by atoms with Crippen LogP contribution in [0.4, 0.5) is 0 Å². The third-order valence-electron chi connectivity index (χ3n) is 2.45. The summed E-state index contributed by atoms with van der Waals surface area (Å²) in [5.41, 5.74) is 0. The molecule has 0 saturated carbocycles. The molecule has 0 aromatic carbocycles. The number of aliphatic hydroxyl groups is 2. The highest BCUT2D eigenvalue weighted by Crippen LogP contribution is 2.20. The van der Waals surface area contributed by atoms with Crippen molar-refractivity contribution < 1.29 is 24.5 Å². The first kappa shape index (κ1) is 13.4. The monoisotopic (exact) mass is 233 g/mol. The normalized spacial score (nSPS) is 34.8. The van der Waals surface area contributed by atoms with E-state index in [0.717, 1.165) is 0 Å². The Bertz CT molecular complexity index is 235. The van der Waals surface area contributed by atoms with Crippen molar-refractivity contribution in [2.24, 2.45) is 0 Å². The summed E-state index contributed by atoms with van der Waals surface area (Å²) in [6, 6.07) is 0. The molecule has 0 aliphatic carbocycles. The zero-order valence-electron chi connectivity index (χ0n) is 9.55. The smallest absolute Gasteiger partial charge is 0.216 e. The zero-order valence-corrected chi connectivity index (χ0v) is 9.55. The maximum atomic E-state index is 10.6. The van der Waals surface area contributed by atoms with E-state index in [2.05, 4.69) is 5.32 Å². The fourth-order valence-electron chi connectivity index (χ4n) is 1.50. The van der Waals surface area contributed by atoms with Crippen LogP contribution in [0.2, 0.25) is 0 Å². The van der Waals surface area contributed by atoms with Crippen molar-refractivity contribution in [1.29, 1.82) is 0 Å². The minimum Gasteiger partial charge on any atom is -0.390 e. The molecule has 0 aromatic heterocycles. The topological polar surface area (TPSA) is 88.0 Å². The molecular formula is C10H19NO5. The standard InChI is InChI=1S/C10H19NO5/c1-6-8(13)5-9(14)10(16-6)15-4-3-11-7(2)12/h6,8-10,13-14H,3-5H2,1-2H3,(H,11,12)/t6-,8-,9-,10+/m0/s1. The van der Waals surface area contributed by atoms with Crippen molar-refractivity contribution in [1.82, 2.24) is 5.32 Å². The number of ether oxygens (including phenoxy) is 2. The molecule has 4 atom stereocenters. The Morgan fingerprint density at radius 3 is 2.81 bits per heavy atom. The fourth-order valence-corrected chi connectivity index (χ4v) is 1.50. The largest absolute Gasteiger partial charge is 0.390 e. The van der Waals surface area contributed by atoms with Crippen molar-refractivity contribution in [2.75, 3.05) is 13.2 Å². The van der Waals surface area contributed by atoms with E-state index in [4.69, 9.17) is 9.47 Å². The van der Waals surface area contributed by atoms with E-state index in [1.54, 1.807) is 6.92 Å². The van der Waals surface area contributed by atoms with E-state index in [1.165, 1.54) is 6.92 Å². The van der Waals surface area contributed by atoms with Crippen LogP contribution in [0.25, 0.3) is 0 Å². The molecule has 0 bridgehead atoms. The molecule has 0 aromatic rings. The molecular weight excluding hydrogens is 214 g/mol. The maximum absolute atomic E-state index is 10.6. The van der Waals surface area contributed by atoms with E-state index in [1.807, 2.05) is 0 Å². The predicted octanol–water partition coefficient (Wildman–Crippen LogP) is -1.00. The van der Waals surface area contributed by atoms with E-state index < -0.39 is 18.5 Å². The van der Waals surface area contributed by atoms with Gasteiger partial charge in [-0.3, -0.25) is 4.79 Å². The molecule has 0 unspecified atom stereocenters. The van der Waals surface area contributed by atoms with Crippen LogP contribution in [-0.2, 0) is 14.3 Å². The van der Waals surface area contributed by atoms with Gasteiger partial charge in [0.05, 0.1) is 18.8 Å². The van der Waals surface area contributed by atoms with Gasteiger partial charge in [0, 0.05) is 19.9 Å². The lowest BCUT2D eigenvalue weighted by molar-refractivity contribution is -0.260. The highest BCUT2D eigenvalue weighted by atomic mass is 16.7. The van der Waals surface area contributed by atoms with Crippen LogP contribution in [0.5, 0.6) is 0 Å². The lowest BCUT2D eigenvalue weighted by atomic mass is 10.0. The Hall–Kier alpha value is -0.690. The second-order valence-corrected chi connectivity index (χ2v) is 3.93. The molecule has 1 heterocycles. The SMILES string of the molecule is CC(=O)NCCO[C@@H]1O[C@@H](C)[C@@H](O)C[C@@H]1O. The fraction of sp³-hybridized carbons (Fsp3) is 0.900. The average molecular weight is 233 g/mol. The molecule has 1 fully saturated rings. The van der Waals surface area contributed by atoms with Gasteiger partial charge in [0.2, 0.25) is 5.91 Å². The zero-order chi connectivity index (χ0) is 12.1. The molecule has 94 valence electrons. The molecule has 1 saturated heterocycles. The van der Waals surface area contributed by atoms with Gasteiger partial charge in [-0.25, -0.2) is 0 Å². The van der Waals surface area contributed by atoms with Crippen molar-refractivity contribution >= 4 is 5.91 Å². The van der Waals surface area contributed by atoms with E-state index in [0.29, 0.717) is 6.54 Å². The van der Waals surface area contributed by atoms with Crippen LogP contribution < -0.4 is 5.32 Å². The molecule has 1 aliphatic heterocycles. The maximum Gasteiger partial charge on any atom is 0.216 e. The van der Waals surface area contributed by atoms with Gasteiger partial charge in [-0.2, -0.15) is 0 Å². The summed E-state index contributed by atoms with van der Waals surface area (Å²) >= 11 is 0. The lowest BCUT2D eigenvalue weighted by Crippen LogP contribution is -2.47. The van der Waals surface area contributed by atoms with Crippen LogP contribution in [-0.4, -0.2) is 53.9 Å².